The van der Waals surface area contributed by atoms with Gasteiger partial charge in [0.05, 0.1) is 11.8 Å². The second-order valence-electron chi connectivity index (χ2n) is 6.73. The van der Waals surface area contributed by atoms with Crippen molar-refractivity contribution in [1.29, 1.82) is 0 Å². The van der Waals surface area contributed by atoms with Gasteiger partial charge in [-0.25, -0.2) is 4.68 Å². The Morgan fingerprint density at radius 2 is 2.04 bits per heavy atom. The largest absolute Gasteiger partial charge is 0.378 e. The fourth-order valence-electron chi connectivity index (χ4n) is 3.34. The predicted molar refractivity (Wildman–Crippen MR) is 87.7 cm³/mol. The van der Waals surface area contributed by atoms with Crippen LogP contribution < -0.4 is 5.32 Å². The van der Waals surface area contributed by atoms with E-state index in [1.54, 1.807) is 0 Å². The van der Waals surface area contributed by atoms with Gasteiger partial charge < -0.3 is 10.1 Å². The van der Waals surface area contributed by atoms with Crippen LogP contribution >= 0.6 is 0 Å². The van der Waals surface area contributed by atoms with E-state index in [1.165, 1.54) is 12.8 Å². The van der Waals surface area contributed by atoms with E-state index in [-0.39, 0.29) is 0 Å². The van der Waals surface area contributed by atoms with Crippen LogP contribution in [-0.4, -0.2) is 38.7 Å². The van der Waals surface area contributed by atoms with Crippen molar-refractivity contribution >= 4 is 5.82 Å². The molecule has 0 amide bonds. The minimum absolute atomic E-state index is 0.434. The molecule has 23 heavy (non-hydrogen) atoms. The highest BCUT2D eigenvalue weighted by atomic mass is 16.5. The average molecular weight is 313 g/mol. The standard InChI is InChI=1S/C17H23N5O/c1-11-9-12(2)22(21-11)17-6-5-16(19-20-17)18-14-7-8-23-15(10-14)13-3-4-13/h5-6,9,13-15H,3-4,7-8,10H2,1-2H3,(H,18,19). The SMILES string of the molecule is Cc1cc(C)n(-c2ccc(NC3CCOC(C4CC4)C3)nn2)n1. The molecule has 0 bridgehead atoms. The molecule has 6 nitrogen and oxygen atoms in total. The summed E-state index contributed by atoms with van der Waals surface area (Å²) in [4.78, 5) is 0. The van der Waals surface area contributed by atoms with E-state index in [4.69, 9.17) is 4.74 Å². The molecule has 0 aromatic carbocycles. The number of hydrogen-bond acceptors (Lipinski definition) is 5. The van der Waals surface area contributed by atoms with Crippen LogP contribution in [-0.2, 0) is 4.74 Å². The third-order valence-corrected chi connectivity index (χ3v) is 4.69. The smallest absolute Gasteiger partial charge is 0.176 e. The summed E-state index contributed by atoms with van der Waals surface area (Å²) in [5.41, 5.74) is 2.05. The number of nitrogens with zero attached hydrogens (tertiary/aromatic N) is 4. The summed E-state index contributed by atoms with van der Waals surface area (Å²) in [6, 6.07) is 6.42. The number of aryl methyl sites for hydroxylation is 2. The summed E-state index contributed by atoms with van der Waals surface area (Å²) in [6.07, 6.45) is 5.20. The van der Waals surface area contributed by atoms with Crippen LogP contribution in [0.4, 0.5) is 5.82 Å². The Morgan fingerprint density at radius 1 is 1.17 bits per heavy atom. The number of rotatable bonds is 4. The van der Waals surface area contributed by atoms with Crippen LogP contribution in [0.5, 0.6) is 0 Å². The molecule has 2 atom stereocenters. The van der Waals surface area contributed by atoms with Gasteiger partial charge in [-0.15, -0.1) is 10.2 Å². The topological polar surface area (TPSA) is 64.9 Å². The molecule has 3 heterocycles. The van der Waals surface area contributed by atoms with Crippen LogP contribution in [0.2, 0.25) is 0 Å². The first kappa shape index (κ1) is 14.6. The summed E-state index contributed by atoms with van der Waals surface area (Å²) in [5.74, 6) is 2.37. The van der Waals surface area contributed by atoms with E-state index in [9.17, 15) is 0 Å². The Morgan fingerprint density at radius 3 is 2.70 bits per heavy atom. The Bertz CT molecular complexity index is 677. The molecule has 4 rings (SSSR count). The van der Waals surface area contributed by atoms with Crippen molar-refractivity contribution in [2.24, 2.45) is 5.92 Å². The maximum absolute atomic E-state index is 5.87. The Hall–Kier alpha value is -1.95. The van der Waals surface area contributed by atoms with Crippen molar-refractivity contribution in [2.75, 3.05) is 11.9 Å². The lowest BCUT2D eigenvalue weighted by Crippen LogP contribution is -2.35. The van der Waals surface area contributed by atoms with Crippen LogP contribution in [0.3, 0.4) is 0 Å². The number of nitrogens with one attached hydrogen (secondary N) is 1. The number of ether oxygens (including phenoxy) is 1. The zero-order valence-electron chi connectivity index (χ0n) is 13.7. The molecule has 2 unspecified atom stereocenters. The maximum Gasteiger partial charge on any atom is 0.176 e. The van der Waals surface area contributed by atoms with E-state index in [1.807, 2.05) is 36.7 Å². The number of hydrogen-bond donors (Lipinski definition) is 1. The third kappa shape index (κ3) is 3.22. The van der Waals surface area contributed by atoms with Gasteiger partial charge >= 0.3 is 0 Å². The van der Waals surface area contributed by atoms with Crippen molar-refractivity contribution < 1.29 is 4.74 Å². The Kier molecular flexibility index (Phi) is 3.77. The second-order valence-corrected chi connectivity index (χ2v) is 6.73. The quantitative estimate of drug-likeness (QED) is 0.940. The Balaban J connectivity index is 1.42. The zero-order chi connectivity index (χ0) is 15.8. The van der Waals surface area contributed by atoms with Crippen molar-refractivity contribution in [2.45, 2.75) is 51.7 Å². The minimum atomic E-state index is 0.434. The highest BCUT2D eigenvalue weighted by Crippen LogP contribution is 2.38. The Labute approximate surface area is 136 Å². The molecular weight excluding hydrogens is 290 g/mol. The van der Waals surface area contributed by atoms with Crippen LogP contribution in [0.25, 0.3) is 5.82 Å². The van der Waals surface area contributed by atoms with Gasteiger partial charge in [0.1, 0.15) is 5.82 Å². The zero-order valence-corrected chi connectivity index (χ0v) is 13.7. The van der Waals surface area contributed by atoms with E-state index in [0.29, 0.717) is 12.1 Å². The monoisotopic (exact) mass is 313 g/mol. The van der Waals surface area contributed by atoms with Gasteiger partial charge in [0.2, 0.25) is 0 Å². The fourth-order valence-corrected chi connectivity index (χ4v) is 3.34. The lowest BCUT2D eigenvalue weighted by Gasteiger charge is -2.30. The van der Waals surface area contributed by atoms with Gasteiger partial charge in [-0.05, 0) is 63.6 Å². The average Bonchev–Trinajstić information content (AvgIpc) is 3.34. The number of aromatic nitrogens is 4. The van der Waals surface area contributed by atoms with Crippen LogP contribution in [0, 0.1) is 19.8 Å². The van der Waals surface area contributed by atoms with Gasteiger partial charge in [-0.1, -0.05) is 0 Å². The predicted octanol–water partition coefficient (Wildman–Crippen LogP) is 2.65. The van der Waals surface area contributed by atoms with Gasteiger partial charge in [-0.2, -0.15) is 5.10 Å². The summed E-state index contributed by atoms with van der Waals surface area (Å²) in [5, 5.41) is 16.6. The highest BCUT2D eigenvalue weighted by molar-refractivity contribution is 5.38. The van der Waals surface area contributed by atoms with Crippen molar-refractivity contribution in [3.05, 3.63) is 29.6 Å². The molecule has 122 valence electrons. The van der Waals surface area contributed by atoms with Gasteiger partial charge in [0.15, 0.2) is 5.82 Å². The second kappa shape index (κ2) is 5.92. The first-order valence-electron chi connectivity index (χ1n) is 8.44. The molecule has 1 saturated carbocycles. The highest BCUT2D eigenvalue weighted by Gasteiger charge is 2.35. The molecule has 2 aliphatic rings. The molecule has 1 aliphatic carbocycles. The van der Waals surface area contributed by atoms with E-state index in [0.717, 1.165) is 48.4 Å². The summed E-state index contributed by atoms with van der Waals surface area (Å²) in [7, 11) is 0. The van der Waals surface area contributed by atoms with Gasteiger partial charge in [0, 0.05) is 18.3 Å². The molecule has 2 aromatic heterocycles. The van der Waals surface area contributed by atoms with Crippen molar-refractivity contribution in [3.63, 3.8) is 0 Å². The first-order valence-corrected chi connectivity index (χ1v) is 8.44. The van der Waals surface area contributed by atoms with E-state index >= 15 is 0 Å². The normalized spacial score (nSPS) is 24.6. The maximum atomic E-state index is 5.87. The molecular formula is C17H23N5O. The molecule has 2 fully saturated rings. The molecule has 1 aliphatic heterocycles. The first-order chi connectivity index (χ1) is 11.2. The van der Waals surface area contributed by atoms with Gasteiger partial charge in [0.25, 0.3) is 0 Å². The number of anilines is 1. The van der Waals surface area contributed by atoms with Crippen LogP contribution in [0.15, 0.2) is 18.2 Å². The van der Waals surface area contributed by atoms with Crippen molar-refractivity contribution in [3.8, 4) is 5.82 Å². The molecule has 6 heteroatoms. The molecule has 0 spiro atoms. The molecule has 1 saturated heterocycles. The van der Waals surface area contributed by atoms with E-state index < -0.39 is 0 Å². The molecule has 0 radical (unpaired) electrons. The van der Waals surface area contributed by atoms with Crippen LogP contribution in [0.1, 0.15) is 37.1 Å². The van der Waals surface area contributed by atoms with Crippen molar-refractivity contribution in [1.82, 2.24) is 20.0 Å². The molecule has 2 aromatic rings. The lowest BCUT2D eigenvalue weighted by molar-refractivity contribution is -0.00224. The lowest BCUT2D eigenvalue weighted by atomic mass is 10.00. The summed E-state index contributed by atoms with van der Waals surface area (Å²) < 4.78 is 7.70. The third-order valence-electron chi connectivity index (χ3n) is 4.69. The van der Waals surface area contributed by atoms with E-state index in [2.05, 4.69) is 20.6 Å². The summed E-state index contributed by atoms with van der Waals surface area (Å²) in [6.45, 7) is 4.85. The summed E-state index contributed by atoms with van der Waals surface area (Å²) >= 11 is 0. The minimum Gasteiger partial charge on any atom is -0.378 e. The van der Waals surface area contributed by atoms with Gasteiger partial charge in [-0.3, -0.25) is 0 Å². The fraction of sp³-hybridized carbons (Fsp3) is 0.588. The molecule has 1 N–H and O–H groups in total.